The molecule has 0 radical (unpaired) electrons. The first-order valence-electron chi connectivity index (χ1n) is 6.08. The van der Waals surface area contributed by atoms with Gasteiger partial charge in [0.05, 0.1) is 6.10 Å². The molecule has 0 aliphatic heterocycles. The maximum Gasteiger partial charge on any atom is 0.0540 e. The van der Waals surface area contributed by atoms with Crippen LogP contribution in [0.15, 0.2) is 18.2 Å². The summed E-state index contributed by atoms with van der Waals surface area (Å²) in [5, 5.41) is 10.3. The number of halogens is 1. The molecule has 1 nitrogen and oxygen atoms in total. The predicted molar refractivity (Wildman–Crippen MR) is 67.9 cm³/mol. The third-order valence-corrected chi connectivity index (χ3v) is 3.99. The van der Waals surface area contributed by atoms with Crippen molar-refractivity contribution in [2.75, 3.05) is 0 Å². The van der Waals surface area contributed by atoms with E-state index >= 15 is 0 Å². The Balaban J connectivity index is 1.96. The molecule has 1 fully saturated rings. The summed E-state index contributed by atoms with van der Waals surface area (Å²) < 4.78 is 0. The molecule has 1 aromatic rings. The van der Waals surface area contributed by atoms with Gasteiger partial charge in [0, 0.05) is 5.02 Å². The third kappa shape index (κ3) is 2.99. The van der Waals surface area contributed by atoms with Crippen molar-refractivity contribution in [3.05, 3.63) is 34.3 Å². The standard InChI is InChI=1S/C14H19ClO/c1-10-8-12(4-7-14(10)15)9-11-2-5-13(16)6-3-11/h4,7-8,11,13,16H,2-3,5-6,9H2,1H3. The van der Waals surface area contributed by atoms with E-state index in [4.69, 9.17) is 11.6 Å². The highest BCUT2D eigenvalue weighted by Crippen LogP contribution is 2.28. The van der Waals surface area contributed by atoms with Gasteiger partial charge >= 0.3 is 0 Å². The van der Waals surface area contributed by atoms with Gasteiger partial charge in [-0.3, -0.25) is 0 Å². The van der Waals surface area contributed by atoms with E-state index < -0.39 is 0 Å². The Morgan fingerprint density at radius 2 is 1.94 bits per heavy atom. The summed E-state index contributed by atoms with van der Waals surface area (Å²) in [7, 11) is 0. The van der Waals surface area contributed by atoms with E-state index in [0.29, 0.717) is 0 Å². The van der Waals surface area contributed by atoms with Gasteiger partial charge in [0.15, 0.2) is 0 Å². The lowest BCUT2D eigenvalue weighted by Gasteiger charge is -2.25. The van der Waals surface area contributed by atoms with Crippen molar-refractivity contribution in [1.29, 1.82) is 0 Å². The lowest BCUT2D eigenvalue weighted by molar-refractivity contribution is 0.109. The van der Waals surface area contributed by atoms with Gasteiger partial charge in [0.2, 0.25) is 0 Å². The highest BCUT2D eigenvalue weighted by Gasteiger charge is 2.19. The van der Waals surface area contributed by atoms with E-state index in [1.54, 1.807) is 0 Å². The molecule has 1 aromatic carbocycles. The fourth-order valence-corrected chi connectivity index (χ4v) is 2.63. The van der Waals surface area contributed by atoms with Crippen LogP contribution in [0.25, 0.3) is 0 Å². The molecule has 0 atom stereocenters. The number of aryl methyl sites for hydroxylation is 1. The van der Waals surface area contributed by atoms with Crippen LogP contribution in [0.2, 0.25) is 5.02 Å². The van der Waals surface area contributed by atoms with Crippen LogP contribution >= 0.6 is 11.6 Å². The van der Waals surface area contributed by atoms with Gasteiger partial charge < -0.3 is 5.11 Å². The van der Waals surface area contributed by atoms with Crippen LogP contribution in [-0.2, 0) is 6.42 Å². The molecule has 2 heteroatoms. The zero-order chi connectivity index (χ0) is 11.5. The first-order valence-corrected chi connectivity index (χ1v) is 6.46. The molecule has 0 saturated heterocycles. The second-order valence-corrected chi connectivity index (χ2v) is 5.37. The van der Waals surface area contributed by atoms with E-state index in [1.165, 1.54) is 5.56 Å². The van der Waals surface area contributed by atoms with E-state index in [-0.39, 0.29) is 6.10 Å². The zero-order valence-electron chi connectivity index (χ0n) is 9.75. The van der Waals surface area contributed by atoms with E-state index in [1.807, 2.05) is 6.07 Å². The van der Waals surface area contributed by atoms with Crippen molar-refractivity contribution in [1.82, 2.24) is 0 Å². The molecular weight excluding hydrogens is 220 g/mol. The van der Waals surface area contributed by atoms with Gasteiger partial charge in [0.1, 0.15) is 0 Å². The summed E-state index contributed by atoms with van der Waals surface area (Å²) in [4.78, 5) is 0. The van der Waals surface area contributed by atoms with Gasteiger partial charge in [0.25, 0.3) is 0 Å². The van der Waals surface area contributed by atoms with Gasteiger partial charge in [-0.05, 0) is 62.1 Å². The highest BCUT2D eigenvalue weighted by molar-refractivity contribution is 6.31. The Morgan fingerprint density at radius 3 is 2.56 bits per heavy atom. The van der Waals surface area contributed by atoms with Crippen LogP contribution < -0.4 is 0 Å². The van der Waals surface area contributed by atoms with Crippen molar-refractivity contribution in [2.24, 2.45) is 5.92 Å². The number of rotatable bonds is 2. The molecule has 0 aromatic heterocycles. The predicted octanol–water partition coefficient (Wildman–Crippen LogP) is 3.74. The monoisotopic (exact) mass is 238 g/mol. The minimum atomic E-state index is -0.0526. The normalized spacial score (nSPS) is 25.7. The molecule has 0 amide bonds. The molecule has 88 valence electrons. The first-order chi connectivity index (χ1) is 7.65. The molecule has 1 aliphatic rings. The largest absolute Gasteiger partial charge is 0.393 e. The van der Waals surface area contributed by atoms with Crippen LogP contribution in [0.5, 0.6) is 0 Å². The van der Waals surface area contributed by atoms with Crippen molar-refractivity contribution < 1.29 is 5.11 Å². The van der Waals surface area contributed by atoms with E-state index in [9.17, 15) is 5.11 Å². The van der Waals surface area contributed by atoms with Gasteiger partial charge in [-0.2, -0.15) is 0 Å². The minimum Gasteiger partial charge on any atom is -0.393 e. The Labute approximate surface area is 102 Å². The van der Waals surface area contributed by atoms with Gasteiger partial charge in [-0.25, -0.2) is 0 Å². The molecule has 0 bridgehead atoms. The molecule has 0 heterocycles. The average Bonchev–Trinajstić information content (AvgIpc) is 2.27. The first kappa shape index (κ1) is 11.9. The summed E-state index contributed by atoms with van der Waals surface area (Å²) in [6.07, 6.45) is 5.33. The minimum absolute atomic E-state index is 0.0526. The molecule has 1 N–H and O–H groups in total. The quantitative estimate of drug-likeness (QED) is 0.832. The third-order valence-electron chi connectivity index (χ3n) is 3.56. The second-order valence-electron chi connectivity index (χ2n) is 4.96. The van der Waals surface area contributed by atoms with Crippen molar-refractivity contribution in [3.63, 3.8) is 0 Å². The summed E-state index contributed by atoms with van der Waals surface area (Å²) >= 11 is 6.01. The molecular formula is C14H19ClO. The number of hydrogen-bond acceptors (Lipinski definition) is 1. The molecule has 0 spiro atoms. The zero-order valence-corrected chi connectivity index (χ0v) is 10.5. The van der Waals surface area contributed by atoms with Gasteiger partial charge in [-0.1, -0.05) is 23.7 Å². The fraction of sp³-hybridized carbons (Fsp3) is 0.571. The molecule has 2 rings (SSSR count). The van der Waals surface area contributed by atoms with Crippen molar-refractivity contribution in [2.45, 2.75) is 45.1 Å². The van der Waals surface area contributed by atoms with E-state index in [2.05, 4.69) is 19.1 Å². The molecule has 16 heavy (non-hydrogen) atoms. The average molecular weight is 239 g/mol. The molecule has 1 aliphatic carbocycles. The van der Waals surface area contributed by atoms with Crippen LogP contribution in [-0.4, -0.2) is 11.2 Å². The SMILES string of the molecule is Cc1cc(CC2CCC(O)CC2)ccc1Cl. The van der Waals surface area contributed by atoms with Crippen molar-refractivity contribution >= 4 is 11.6 Å². The maximum atomic E-state index is 9.46. The van der Waals surface area contributed by atoms with E-state index in [0.717, 1.165) is 48.6 Å². The maximum absolute atomic E-state index is 9.46. The summed E-state index contributed by atoms with van der Waals surface area (Å²) in [5.41, 5.74) is 2.54. The topological polar surface area (TPSA) is 20.2 Å². The lowest BCUT2D eigenvalue weighted by atomic mass is 9.83. The number of aliphatic hydroxyl groups is 1. The Kier molecular flexibility index (Phi) is 3.88. The fourth-order valence-electron chi connectivity index (χ4n) is 2.52. The summed E-state index contributed by atoms with van der Waals surface area (Å²) in [6.45, 7) is 2.05. The Bertz CT molecular complexity index is 354. The van der Waals surface area contributed by atoms with Crippen molar-refractivity contribution in [3.8, 4) is 0 Å². The Morgan fingerprint density at radius 1 is 1.25 bits per heavy atom. The van der Waals surface area contributed by atoms with Crippen LogP contribution in [0, 0.1) is 12.8 Å². The summed E-state index contributed by atoms with van der Waals surface area (Å²) in [6, 6.07) is 6.30. The lowest BCUT2D eigenvalue weighted by Crippen LogP contribution is -2.19. The van der Waals surface area contributed by atoms with Crippen LogP contribution in [0.4, 0.5) is 0 Å². The highest BCUT2D eigenvalue weighted by atomic mass is 35.5. The second kappa shape index (κ2) is 5.20. The number of aliphatic hydroxyl groups excluding tert-OH is 1. The molecule has 0 unspecified atom stereocenters. The smallest absolute Gasteiger partial charge is 0.0540 e. The van der Waals surface area contributed by atoms with Gasteiger partial charge in [-0.15, -0.1) is 0 Å². The number of hydrogen-bond donors (Lipinski definition) is 1. The molecule has 1 saturated carbocycles. The Hall–Kier alpha value is -0.530. The number of benzene rings is 1. The van der Waals surface area contributed by atoms with Crippen LogP contribution in [0.1, 0.15) is 36.8 Å². The summed E-state index contributed by atoms with van der Waals surface area (Å²) in [5.74, 6) is 0.740. The van der Waals surface area contributed by atoms with Crippen LogP contribution in [0.3, 0.4) is 0 Å².